The molecule has 0 bridgehead atoms. The predicted molar refractivity (Wildman–Crippen MR) is 81.3 cm³/mol. The maximum absolute atomic E-state index is 11.9. The zero-order valence-electron chi connectivity index (χ0n) is 13.0. The van der Waals surface area contributed by atoms with Crippen LogP contribution in [0.4, 0.5) is 0 Å². The van der Waals surface area contributed by atoms with Gasteiger partial charge in [0.2, 0.25) is 0 Å². The summed E-state index contributed by atoms with van der Waals surface area (Å²) >= 11 is 0. The average Bonchev–Trinajstić information content (AvgIpc) is 2.95. The number of rotatable bonds is 5. The molecule has 1 heterocycles. The Balaban J connectivity index is 2.19. The van der Waals surface area contributed by atoms with E-state index < -0.39 is 11.9 Å². The molecule has 0 amide bonds. The van der Waals surface area contributed by atoms with E-state index in [0.717, 1.165) is 0 Å². The van der Waals surface area contributed by atoms with Gasteiger partial charge < -0.3 is 14.1 Å². The largest absolute Gasteiger partial charge is 0.462 e. The summed E-state index contributed by atoms with van der Waals surface area (Å²) in [4.78, 5) is 28.6. The number of carbonyl (C=O) groups is 2. The molecule has 1 aromatic heterocycles. The van der Waals surface area contributed by atoms with Crippen molar-refractivity contribution in [1.82, 2.24) is 5.16 Å². The maximum atomic E-state index is 11.9. The lowest BCUT2D eigenvalue weighted by molar-refractivity contribution is 0.0514. The minimum absolute atomic E-state index is 0.113. The Morgan fingerprint density at radius 1 is 1.22 bits per heavy atom. The molecule has 7 heteroatoms. The summed E-state index contributed by atoms with van der Waals surface area (Å²) in [6, 6.07) is 8.43. The molecule has 0 saturated carbocycles. The highest BCUT2D eigenvalue weighted by atomic mass is 16.7. The molecule has 0 unspecified atom stereocenters. The highest BCUT2D eigenvalue weighted by Crippen LogP contribution is 2.16. The first kappa shape index (κ1) is 16.4. The van der Waals surface area contributed by atoms with Crippen LogP contribution in [0.15, 0.2) is 40.0 Å². The summed E-state index contributed by atoms with van der Waals surface area (Å²) in [6.07, 6.45) is 0. The first-order valence-corrected chi connectivity index (χ1v) is 6.99. The topological polar surface area (TPSA) is 91.0 Å². The van der Waals surface area contributed by atoms with Crippen molar-refractivity contribution < 1.29 is 23.7 Å². The van der Waals surface area contributed by atoms with E-state index >= 15 is 0 Å². The number of aromatic nitrogens is 1. The first-order valence-electron chi connectivity index (χ1n) is 6.99. The van der Waals surface area contributed by atoms with Crippen molar-refractivity contribution in [2.45, 2.75) is 20.8 Å². The standard InChI is InChI=1S/C16H16N2O5/c1-4-21-16(20)13-10(2)17-22-14(13)11(3)18-23-15(19)12-8-6-5-7-9-12/h5-9H,4H2,1-3H3. The highest BCUT2D eigenvalue weighted by Gasteiger charge is 2.24. The van der Waals surface area contributed by atoms with Crippen LogP contribution in [0.1, 0.15) is 46.0 Å². The van der Waals surface area contributed by atoms with Gasteiger partial charge in [-0.1, -0.05) is 28.5 Å². The van der Waals surface area contributed by atoms with Crippen LogP contribution < -0.4 is 0 Å². The summed E-state index contributed by atoms with van der Waals surface area (Å²) in [5, 5.41) is 7.44. The third-order valence-corrected chi connectivity index (χ3v) is 2.95. The fraction of sp³-hybridized carbons (Fsp3) is 0.250. The normalized spacial score (nSPS) is 11.2. The molecule has 0 fully saturated rings. The van der Waals surface area contributed by atoms with Gasteiger partial charge in [-0.3, -0.25) is 0 Å². The maximum Gasteiger partial charge on any atom is 0.365 e. The number of esters is 1. The van der Waals surface area contributed by atoms with Gasteiger partial charge in [0.15, 0.2) is 5.76 Å². The monoisotopic (exact) mass is 316 g/mol. The number of hydrogen-bond acceptors (Lipinski definition) is 7. The van der Waals surface area contributed by atoms with Crippen LogP contribution in [-0.2, 0) is 9.57 Å². The number of benzene rings is 1. The number of carbonyl (C=O) groups excluding carboxylic acids is 2. The van der Waals surface area contributed by atoms with Crippen LogP contribution >= 0.6 is 0 Å². The number of aryl methyl sites for hydroxylation is 1. The smallest absolute Gasteiger partial charge is 0.365 e. The van der Waals surface area contributed by atoms with Gasteiger partial charge in [-0.15, -0.1) is 0 Å². The van der Waals surface area contributed by atoms with Crippen LogP contribution in [0.2, 0.25) is 0 Å². The lowest BCUT2D eigenvalue weighted by Crippen LogP contribution is -2.11. The van der Waals surface area contributed by atoms with Crippen molar-refractivity contribution >= 4 is 17.7 Å². The summed E-state index contributed by atoms with van der Waals surface area (Å²) in [5.41, 5.74) is 1.12. The van der Waals surface area contributed by atoms with Crippen LogP contribution in [0, 0.1) is 6.92 Å². The molecule has 23 heavy (non-hydrogen) atoms. The average molecular weight is 316 g/mol. The molecule has 2 aromatic rings. The van der Waals surface area contributed by atoms with Crippen molar-refractivity contribution in [2.24, 2.45) is 5.16 Å². The van der Waals surface area contributed by atoms with Gasteiger partial charge in [0.25, 0.3) is 0 Å². The van der Waals surface area contributed by atoms with E-state index in [-0.39, 0.29) is 23.6 Å². The summed E-state index contributed by atoms with van der Waals surface area (Å²) < 4.78 is 10.0. The van der Waals surface area contributed by atoms with Crippen molar-refractivity contribution in [2.75, 3.05) is 6.61 Å². The number of ether oxygens (including phenoxy) is 1. The fourth-order valence-electron chi connectivity index (χ4n) is 1.84. The van der Waals surface area contributed by atoms with Crippen molar-refractivity contribution in [1.29, 1.82) is 0 Å². The summed E-state index contributed by atoms with van der Waals surface area (Å²) in [6.45, 7) is 5.08. The SMILES string of the molecule is CCOC(=O)c1c(C)noc1C(C)=NOC(=O)c1ccccc1. The third kappa shape index (κ3) is 3.82. The molecule has 0 saturated heterocycles. The molecule has 120 valence electrons. The summed E-state index contributed by atoms with van der Waals surface area (Å²) in [5.74, 6) is -1.06. The van der Waals surface area contributed by atoms with E-state index in [1.54, 1.807) is 51.1 Å². The molecule has 0 atom stereocenters. The molecule has 0 aliphatic heterocycles. The van der Waals surface area contributed by atoms with Gasteiger partial charge in [0, 0.05) is 0 Å². The Morgan fingerprint density at radius 3 is 2.57 bits per heavy atom. The van der Waals surface area contributed by atoms with Crippen molar-refractivity contribution in [3.8, 4) is 0 Å². The summed E-state index contributed by atoms with van der Waals surface area (Å²) in [7, 11) is 0. The Bertz CT molecular complexity index is 734. The molecule has 0 spiro atoms. The molecule has 1 aromatic carbocycles. The van der Waals surface area contributed by atoms with Gasteiger partial charge in [0.05, 0.1) is 17.9 Å². The van der Waals surface area contributed by atoms with Crippen LogP contribution in [0.5, 0.6) is 0 Å². The van der Waals surface area contributed by atoms with Gasteiger partial charge in [-0.05, 0) is 32.9 Å². The van der Waals surface area contributed by atoms with Gasteiger partial charge in [-0.25, -0.2) is 9.59 Å². The van der Waals surface area contributed by atoms with E-state index in [1.807, 2.05) is 0 Å². The van der Waals surface area contributed by atoms with Gasteiger partial charge in [-0.2, -0.15) is 0 Å². The van der Waals surface area contributed by atoms with E-state index in [2.05, 4.69) is 10.3 Å². The second-order valence-corrected chi connectivity index (χ2v) is 4.61. The van der Waals surface area contributed by atoms with E-state index in [9.17, 15) is 9.59 Å². The van der Waals surface area contributed by atoms with E-state index in [1.165, 1.54) is 0 Å². The molecule has 0 radical (unpaired) electrons. The molecule has 2 rings (SSSR count). The van der Waals surface area contributed by atoms with Gasteiger partial charge >= 0.3 is 11.9 Å². The second kappa shape index (κ2) is 7.35. The Labute approximate surface area is 132 Å². The molecular formula is C16H16N2O5. The second-order valence-electron chi connectivity index (χ2n) is 4.61. The lowest BCUT2D eigenvalue weighted by atomic mass is 10.1. The van der Waals surface area contributed by atoms with Gasteiger partial charge in [0.1, 0.15) is 11.3 Å². The molecule has 0 aliphatic carbocycles. The van der Waals surface area contributed by atoms with E-state index in [4.69, 9.17) is 14.1 Å². The van der Waals surface area contributed by atoms with Crippen LogP contribution in [-0.4, -0.2) is 29.4 Å². The van der Waals surface area contributed by atoms with Crippen LogP contribution in [0.3, 0.4) is 0 Å². The lowest BCUT2D eigenvalue weighted by Gasteiger charge is -2.02. The highest BCUT2D eigenvalue weighted by molar-refractivity contribution is 6.06. The number of hydrogen-bond donors (Lipinski definition) is 0. The predicted octanol–water partition coefficient (Wildman–Crippen LogP) is 2.74. The van der Waals surface area contributed by atoms with Crippen LogP contribution in [0.25, 0.3) is 0 Å². The first-order chi connectivity index (χ1) is 11.0. The Morgan fingerprint density at radius 2 is 1.91 bits per heavy atom. The Hall–Kier alpha value is -2.96. The van der Waals surface area contributed by atoms with Crippen molar-refractivity contribution in [3.63, 3.8) is 0 Å². The van der Waals surface area contributed by atoms with E-state index in [0.29, 0.717) is 11.3 Å². The Kier molecular flexibility index (Phi) is 5.24. The quantitative estimate of drug-likeness (QED) is 0.364. The zero-order valence-corrected chi connectivity index (χ0v) is 13.0. The number of oxime groups is 1. The third-order valence-electron chi connectivity index (χ3n) is 2.95. The molecular weight excluding hydrogens is 300 g/mol. The van der Waals surface area contributed by atoms with Crippen molar-refractivity contribution in [3.05, 3.63) is 52.9 Å². The molecule has 0 N–H and O–H groups in total. The molecule has 7 nitrogen and oxygen atoms in total. The zero-order chi connectivity index (χ0) is 16.8. The minimum Gasteiger partial charge on any atom is -0.462 e. The number of nitrogens with zero attached hydrogens (tertiary/aromatic N) is 2. The fourth-order valence-corrected chi connectivity index (χ4v) is 1.84. The molecule has 0 aliphatic rings. The minimum atomic E-state index is -0.612.